The number of nitrogens with one attached hydrogen (secondary N) is 1. The molecule has 6 heteroatoms. The Hall–Kier alpha value is -1.01. The molecule has 1 N–H and O–H groups in total. The van der Waals surface area contributed by atoms with Crippen LogP contribution in [0.5, 0.6) is 0 Å². The molecule has 1 unspecified atom stereocenters. The standard InChI is InChI=1S/C10H11F2NO2S/c1-13-9-2-3-16(14,15)10-7(9)4-6(11)5-8(10)12/h4-5,9,13H,2-3H2,1H3. The molecule has 16 heavy (non-hydrogen) atoms. The van der Waals surface area contributed by atoms with Gasteiger partial charge >= 0.3 is 0 Å². The van der Waals surface area contributed by atoms with Crippen molar-refractivity contribution in [3.8, 4) is 0 Å². The molecule has 1 aromatic rings. The Kier molecular flexibility index (Phi) is 2.71. The first-order valence-corrected chi connectivity index (χ1v) is 6.50. The van der Waals surface area contributed by atoms with Crippen molar-refractivity contribution in [2.45, 2.75) is 17.4 Å². The Labute approximate surface area is 92.4 Å². The number of rotatable bonds is 1. The van der Waals surface area contributed by atoms with Crippen LogP contribution in [-0.4, -0.2) is 21.2 Å². The quantitative estimate of drug-likeness (QED) is 0.763. The normalized spacial score (nSPS) is 22.8. The summed E-state index contributed by atoms with van der Waals surface area (Å²) in [5.41, 5.74) is 0.186. The van der Waals surface area contributed by atoms with Crippen LogP contribution in [0, 0.1) is 11.6 Å². The van der Waals surface area contributed by atoms with Crippen LogP contribution in [0.25, 0.3) is 0 Å². The van der Waals surface area contributed by atoms with Crippen LogP contribution < -0.4 is 5.32 Å². The zero-order valence-electron chi connectivity index (χ0n) is 8.63. The van der Waals surface area contributed by atoms with Gasteiger partial charge in [-0.15, -0.1) is 0 Å². The molecular weight excluding hydrogens is 236 g/mol. The fourth-order valence-electron chi connectivity index (χ4n) is 2.00. The van der Waals surface area contributed by atoms with E-state index in [-0.39, 0.29) is 22.3 Å². The maximum absolute atomic E-state index is 13.5. The van der Waals surface area contributed by atoms with Crippen LogP contribution in [0.15, 0.2) is 17.0 Å². The average Bonchev–Trinajstić information content (AvgIpc) is 2.15. The van der Waals surface area contributed by atoms with Gasteiger partial charge in [-0.25, -0.2) is 17.2 Å². The molecule has 2 rings (SSSR count). The first kappa shape index (κ1) is 11.5. The highest BCUT2D eigenvalue weighted by Crippen LogP contribution is 2.34. The lowest BCUT2D eigenvalue weighted by atomic mass is 10.0. The van der Waals surface area contributed by atoms with Crippen molar-refractivity contribution in [2.75, 3.05) is 12.8 Å². The van der Waals surface area contributed by atoms with Crippen LogP contribution in [0.3, 0.4) is 0 Å². The summed E-state index contributed by atoms with van der Waals surface area (Å²) < 4.78 is 49.9. The summed E-state index contributed by atoms with van der Waals surface area (Å²) >= 11 is 0. The van der Waals surface area contributed by atoms with Gasteiger partial charge in [-0.2, -0.15) is 0 Å². The summed E-state index contributed by atoms with van der Waals surface area (Å²) in [5.74, 6) is -1.88. The lowest BCUT2D eigenvalue weighted by Gasteiger charge is -2.25. The number of fused-ring (bicyclic) bond motifs is 1. The Morgan fingerprint density at radius 1 is 1.38 bits per heavy atom. The van der Waals surface area contributed by atoms with E-state index in [9.17, 15) is 17.2 Å². The summed E-state index contributed by atoms with van der Waals surface area (Å²) in [4.78, 5) is -0.362. The minimum absolute atomic E-state index is 0.117. The molecule has 1 heterocycles. The lowest BCUT2D eigenvalue weighted by Crippen LogP contribution is -2.28. The van der Waals surface area contributed by atoms with Crippen molar-refractivity contribution in [1.29, 1.82) is 0 Å². The first-order chi connectivity index (χ1) is 7.45. The minimum atomic E-state index is -3.61. The molecule has 1 aliphatic heterocycles. The predicted molar refractivity (Wildman–Crippen MR) is 54.8 cm³/mol. The van der Waals surface area contributed by atoms with Crippen LogP contribution >= 0.6 is 0 Å². The highest BCUT2D eigenvalue weighted by atomic mass is 32.2. The molecule has 3 nitrogen and oxygen atoms in total. The van der Waals surface area contributed by atoms with Crippen molar-refractivity contribution in [2.24, 2.45) is 0 Å². The van der Waals surface area contributed by atoms with Gasteiger partial charge in [0, 0.05) is 12.1 Å². The zero-order valence-corrected chi connectivity index (χ0v) is 9.44. The third kappa shape index (κ3) is 1.72. The molecule has 1 aliphatic rings. The van der Waals surface area contributed by atoms with Crippen molar-refractivity contribution in [3.05, 3.63) is 29.3 Å². The number of sulfone groups is 1. The number of halogens is 2. The minimum Gasteiger partial charge on any atom is -0.313 e. The fraction of sp³-hybridized carbons (Fsp3) is 0.400. The molecule has 0 bridgehead atoms. The second-order valence-corrected chi connectivity index (χ2v) is 5.80. The largest absolute Gasteiger partial charge is 0.313 e. The van der Waals surface area contributed by atoms with Crippen molar-refractivity contribution < 1.29 is 17.2 Å². The van der Waals surface area contributed by atoms with Gasteiger partial charge in [0.15, 0.2) is 9.84 Å². The zero-order chi connectivity index (χ0) is 11.9. The van der Waals surface area contributed by atoms with Crippen molar-refractivity contribution in [1.82, 2.24) is 5.32 Å². The molecule has 0 aliphatic carbocycles. The van der Waals surface area contributed by atoms with E-state index in [0.29, 0.717) is 12.5 Å². The second-order valence-electron chi connectivity index (χ2n) is 3.75. The molecular formula is C10H11F2NO2S. The van der Waals surface area contributed by atoms with Gasteiger partial charge in [0.25, 0.3) is 0 Å². The predicted octanol–water partition coefficient (Wildman–Crippen LogP) is 1.40. The maximum Gasteiger partial charge on any atom is 0.181 e. The summed E-state index contributed by atoms with van der Waals surface area (Å²) in [7, 11) is -1.98. The van der Waals surface area contributed by atoms with Gasteiger partial charge in [-0.05, 0) is 25.1 Å². The number of benzene rings is 1. The summed E-state index contributed by atoms with van der Waals surface area (Å²) in [6.07, 6.45) is 0.328. The van der Waals surface area contributed by atoms with E-state index in [0.717, 1.165) is 6.07 Å². The van der Waals surface area contributed by atoms with Gasteiger partial charge in [0.05, 0.1) is 5.75 Å². The molecule has 0 saturated heterocycles. The number of hydrogen-bond acceptors (Lipinski definition) is 3. The van der Waals surface area contributed by atoms with E-state index < -0.39 is 21.5 Å². The molecule has 0 fully saturated rings. The molecule has 0 aromatic heterocycles. The van der Waals surface area contributed by atoms with Gasteiger partial charge < -0.3 is 5.32 Å². The molecule has 1 atom stereocenters. The third-order valence-electron chi connectivity index (χ3n) is 2.75. The molecule has 88 valence electrons. The van der Waals surface area contributed by atoms with Crippen LogP contribution in [0.2, 0.25) is 0 Å². The lowest BCUT2D eigenvalue weighted by molar-refractivity contribution is 0.492. The highest BCUT2D eigenvalue weighted by Gasteiger charge is 2.33. The second kappa shape index (κ2) is 3.78. The Morgan fingerprint density at radius 3 is 2.69 bits per heavy atom. The summed E-state index contributed by atoms with van der Waals surface area (Å²) in [5, 5.41) is 2.85. The van der Waals surface area contributed by atoms with E-state index in [1.807, 2.05) is 0 Å². The van der Waals surface area contributed by atoms with Crippen LogP contribution in [-0.2, 0) is 9.84 Å². The van der Waals surface area contributed by atoms with Gasteiger partial charge in [-0.3, -0.25) is 0 Å². The Bertz CT molecular complexity index is 528. The van der Waals surface area contributed by atoms with E-state index in [1.165, 1.54) is 0 Å². The van der Waals surface area contributed by atoms with Gasteiger partial charge in [0.2, 0.25) is 0 Å². The highest BCUT2D eigenvalue weighted by molar-refractivity contribution is 7.91. The Morgan fingerprint density at radius 2 is 2.06 bits per heavy atom. The maximum atomic E-state index is 13.5. The first-order valence-electron chi connectivity index (χ1n) is 4.84. The van der Waals surface area contributed by atoms with Gasteiger partial charge in [0.1, 0.15) is 16.5 Å². The molecule has 0 radical (unpaired) electrons. The summed E-state index contributed by atoms with van der Waals surface area (Å²) in [6, 6.07) is 1.37. The van der Waals surface area contributed by atoms with E-state index in [2.05, 4.69) is 5.32 Å². The van der Waals surface area contributed by atoms with Crippen LogP contribution in [0.1, 0.15) is 18.0 Å². The van der Waals surface area contributed by atoms with Crippen LogP contribution in [0.4, 0.5) is 8.78 Å². The smallest absolute Gasteiger partial charge is 0.181 e. The summed E-state index contributed by atoms with van der Waals surface area (Å²) in [6.45, 7) is 0. The topological polar surface area (TPSA) is 46.2 Å². The van der Waals surface area contributed by atoms with E-state index in [1.54, 1.807) is 7.05 Å². The molecule has 0 spiro atoms. The van der Waals surface area contributed by atoms with Gasteiger partial charge in [-0.1, -0.05) is 0 Å². The molecule has 1 aromatic carbocycles. The van der Waals surface area contributed by atoms with E-state index >= 15 is 0 Å². The average molecular weight is 247 g/mol. The van der Waals surface area contributed by atoms with E-state index in [4.69, 9.17) is 0 Å². The number of hydrogen-bond donors (Lipinski definition) is 1. The molecule has 0 saturated carbocycles. The molecule has 0 amide bonds. The monoisotopic (exact) mass is 247 g/mol. The SMILES string of the molecule is CNC1CCS(=O)(=O)c2c(F)cc(F)cc21. The third-order valence-corrected chi connectivity index (χ3v) is 4.57. The Balaban J connectivity index is 2.74. The fourth-order valence-corrected chi connectivity index (χ4v) is 3.66. The van der Waals surface area contributed by atoms with Crippen molar-refractivity contribution in [3.63, 3.8) is 0 Å². The van der Waals surface area contributed by atoms with Crippen molar-refractivity contribution >= 4 is 9.84 Å².